The van der Waals surface area contributed by atoms with Crippen LogP contribution in [0.2, 0.25) is 5.02 Å². The van der Waals surface area contributed by atoms with E-state index in [1.54, 1.807) is 30.3 Å². The number of esters is 1. The third-order valence-electron chi connectivity index (χ3n) is 3.16. The van der Waals surface area contributed by atoms with Crippen molar-refractivity contribution in [3.8, 4) is 5.75 Å². The molecule has 1 N–H and O–H groups in total. The van der Waals surface area contributed by atoms with Crippen LogP contribution < -0.4 is 10.1 Å². The molecular weight excluding hydrogens is 389 g/mol. The van der Waals surface area contributed by atoms with Gasteiger partial charge >= 0.3 is 12.1 Å². The first-order valence-corrected chi connectivity index (χ1v) is 7.95. The van der Waals surface area contributed by atoms with Crippen LogP contribution >= 0.6 is 11.6 Å². The second kappa shape index (κ2) is 8.72. The Kier molecular flexibility index (Phi) is 6.62. The summed E-state index contributed by atoms with van der Waals surface area (Å²) in [6.07, 6.45) is -5.04. The van der Waals surface area contributed by atoms with Crippen LogP contribution in [0.3, 0.4) is 0 Å². The van der Waals surface area contributed by atoms with E-state index in [-0.39, 0.29) is 5.82 Å². The Balaban J connectivity index is 1.86. The van der Waals surface area contributed by atoms with Crippen molar-refractivity contribution in [3.63, 3.8) is 0 Å². The number of alkyl halides is 3. The molecular formula is C17H14ClF3N2O4. The largest absolute Gasteiger partial charge is 0.479 e. The lowest BCUT2D eigenvalue weighted by Gasteiger charge is -2.14. The number of benzene rings is 1. The molecule has 1 atom stereocenters. The molecule has 0 bridgehead atoms. The topological polar surface area (TPSA) is 77.5 Å². The Bertz CT molecular complexity index is 816. The zero-order valence-corrected chi connectivity index (χ0v) is 14.7. The minimum Gasteiger partial charge on any atom is -0.479 e. The fourth-order valence-corrected chi connectivity index (χ4v) is 2.07. The normalized spacial score (nSPS) is 12.2. The number of amides is 1. The van der Waals surface area contributed by atoms with Gasteiger partial charge in [-0.05, 0) is 25.1 Å². The molecule has 0 aliphatic heterocycles. The van der Waals surface area contributed by atoms with E-state index in [1.165, 1.54) is 6.92 Å². The molecule has 144 valence electrons. The van der Waals surface area contributed by atoms with Gasteiger partial charge in [0.15, 0.2) is 18.5 Å². The van der Waals surface area contributed by atoms with E-state index in [4.69, 9.17) is 21.1 Å². The maximum Gasteiger partial charge on any atom is 0.417 e. The molecule has 2 aromatic rings. The lowest BCUT2D eigenvalue weighted by Crippen LogP contribution is -2.30. The Labute approximate surface area is 157 Å². The molecule has 0 saturated carbocycles. The van der Waals surface area contributed by atoms with Crippen LogP contribution in [0.4, 0.5) is 19.0 Å². The molecule has 6 nitrogen and oxygen atoms in total. The number of halogens is 4. The number of anilines is 1. The fraction of sp³-hybridized carbons (Fsp3) is 0.235. The summed E-state index contributed by atoms with van der Waals surface area (Å²) in [5, 5.41) is 1.77. The number of nitrogens with one attached hydrogen (secondary N) is 1. The number of nitrogens with zero attached hydrogens (tertiary/aromatic N) is 1. The lowest BCUT2D eigenvalue weighted by molar-refractivity contribution is -0.153. The highest BCUT2D eigenvalue weighted by atomic mass is 35.5. The minimum absolute atomic E-state index is 0.278. The SMILES string of the molecule is C[C@H](Oc1ccccc1)C(=O)OCC(=O)Nc1ncc(C(F)(F)F)cc1Cl. The number of ether oxygens (including phenoxy) is 2. The number of carbonyl (C=O) groups is 2. The third-order valence-corrected chi connectivity index (χ3v) is 3.45. The van der Waals surface area contributed by atoms with Crippen molar-refractivity contribution in [3.05, 3.63) is 53.2 Å². The molecule has 0 fully saturated rings. The van der Waals surface area contributed by atoms with Crippen molar-refractivity contribution in [2.24, 2.45) is 0 Å². The van der Waals surface area contributed by atoms with Crippen molar-refractivity contribution in [2.45, 2.75) is 19.2 Å². The van der Waals surface area contributed by atoms with Crippen LogP contribution in [0.25, 0.3) is 0 Å². The summed E-state index contributed by atoms with van der Waals surface area (Å²) in [5.74, 6) is -1.43. The van der Waals surface area contributed by atoms with Crippen LogP contribution in [0, 0.1) is 0 Å². The molecule has 10 heteroatoms. The van der Waals surface area contributed by atoms with Crippen LogP contribution in [0.15, 0.2) is 42.6 Å². The van der Waals surface area contributed by atoms with Gasteiger partial charge in [-0.15, -0.1) is 0 Å². The zero-order valence-electron chi connectivity index (χ0n) is 13.9. The highest BCUT2D eigenvalue weighted by Gasteiger charge is 2.31. The van der Waals surface area contributed by atoms with Crippen molar-refractivity contribution in [1.29, 1.82) is 0 Å². The number of pyridine rings is 1. The highest BCUT2D eigenvalue weighted by Crippen LogP contribution is 2.32. The molecule has 27 heavy (non-hydrogen) atoms. The van der Waals surface area contributed by atoms with Crippen molar-refractivity contribution in [1.82, 2.24) is 4.98 Å². The van der Waals surface area contributed by atoms with Crippen LogP contribution in [0.1, 0.15) is 12.5 Å². The molecule has 1 amide bonds. The second-order valence-corrected chi connectivity index (χ2v) is 5.69. The number of hydrogen-bond acceptors (Lipinski definition) is 5. The van der Waals surface area contributed by atoms with E-state index in [2.05, 4.69) is 10.3 Å². The second-order valence-electron chi connectivity index (χ2n) is 5.28. The van der Waals surface area contributed by atoms with E-state index in [9.17, 15) is 22.8 Å². The number of carbonyl (C=O) groups excluding carboxylic acids is 2. The maximum absolute atomic E-state index is 12.5. The quantitative estimate of drug-likeness (QED) is 0.745. The minimum atomic E-state index is -4.61. The van der Waals surface area contributed by atoms with Gasteiger partial charge in [-0.25, -0.2) is 9.78 Å². The van der Waals surface area contributed by atoms with Crippen LogP contribution in [-0.2, 0) is 20.5 Å². The van der Waals surface area contributed by atoms with Gasteiger partial charge in [0.05, 0.1) is 10.6 Å². The average molecular weight is 403 g/mol. The fourth-order valence-electron chi connectivity index (χ4n) is 1.86. The molecule has 0 aliphatic rings. The summed E-state index contributed by atoms with van der Waals surface area (Å²) in [6.45, 7) is 0.766. The summed E-state index contributed by atoms with van der Waals surface area (Å²) in [7, 11) is 0. The van der Waals surface area contributed by atoms with Crippen molar-refractivity contribution >= 4 is 29.3 Å². The predicted molar refractivity (Wildman–Crippen MR) is 90.4 cm³/mol. The monoisotopic (exact) mass is 402 g/mol. The summed E-state index contributed by atoms with van der Waals surface area (Å²) in [6, 6.07) is 9.15. The number of para-hydroxylation sites is 1. The summed E-state index contributed by atoms with van der Waals surface area (Å²) < 4.78 is 47.8. The maximum atomic E-state index is 12.5. The van der Waals surface area contributed by atoms with Crippen molar-refractivity contribution in [2.75, 3.05) is 11.9 Å². The summed E-state index contributed by atoms with van der Waals surface area (Å²) >= 11 is 5.68. The zero-order chi connectivity index (χ0) is 20.0. The standard InChI is InChI=1S/C17H14ClF3N2O4/c1-10(27-12-5-3-2-4-6-12)16(25)26-9-14(24)23-15-13(18)7-11(8-22-15)17(19,20)21/h2-8,10H,9H2,1H3,(H,22,23,24)/t10-/m0/s1. The number of aromatic nitrogens is 1. The van der Waals surface area contributed by atoms with Gasteiger partial charge in [0.25, 0.3) is 5.91 Å². The molecule has 1 aromatic carbocycles. The Morgan fingerprint density at radius 3 is 2.52 bits per heavy atom. The first-order valence-electron chi connectivity index (χ1n) is 7.57. The smallest absolute Gasteiger partial charge is 0.417 e. The van der Waals surface area contributed by atoms with Gasteiger partial charge in [-0.1, -0.05) is 29.8 Å². The van der Waals surface area contributed by atoms with Gasteiger partial charge in [0.1, 0.15) is 5.75 Å². The van der Waals surface area contributed by atoms with Crippen molar-refractivity contribution < 1.29 is 32.2 Å². The molecule has 0 unspecified atom stereocenters. The Hall–Kier alpha value is -2.81. The number of rotatable bonds is 6. The lowest BCUT2D eigenvalue weighted by atomic mass is 10.3. The Morgan fingerprint density at radius 1 is 1.26 bits per heavy atom. The molecule has 0 spiro atoms. The average Bonchev–Trinajstić information content (AvgIpc) is 2.61. The summed E-state index contributed by atoms with van der Waals surface area (Å²) in [4.78, 5) is 27.1. The first-order chi connectivity index (χ1) is 12.7. The van der Waals surface area contributed by atoms with E-state index in [1.807, 2.05) is 0 Å². The third kappa shape index (κ3) is 6.14. The summed E-state index contributed by atoms with van der Waals surface area (Å²) in [5.41, 5.74) is -1.05. The van der Waals surface area contributed by atoms with E-state index >= 15 is 0 Å². The highest BCUT2D eigenvalue weighted by molar-refractivity contribution is 6.33. The predicted octanol–water partition coefficient (Wildman–Crippen LogP) is 3.70. The van der Waals surface area contributed by atoms with Gasteiger partial charge < -0.3 is 14.8 Å². The van der Waals surface area contributed by atoms with E-state index in [0.29, 0.717) is 18.0 Å². The number of hydrogen-bond donors (Lipinski definition) is 1. The van der Waals surface area contributed by atoms with E-state index < -0.39 is 41.3 Å². The molecule has 0 radical (unpaired) electrons. The molecule has 1 aromatic heterocycles. The first kappa shape index (κ1) is 20.5. The molecule has 2 rings (SSSR count). The van der Waals surface area contributed by atoms with Crippen LogP contribution in [0.5, 0.6) is 5.75 Å². The van der Waals surface area contributed by atoms with Gasteiger partial charge in [0.2, 0.25) is 0 Å². The molecule has 0 saturated heterocycles. The van der Waals surface area contributed by atoms with Gasteiger partial charge in [-0.2, -0.15) is 13.2 Å². The van der Waals surface area contributed by atoms with Crippen LogP contribution in [-0.4, -0.2) is 29.6 Å². The van der Waals surface area contributed by atoms with E-state index in [0.717, 1.165) is 0 Å². The molecule has 1 heterocycles. The molecule has 0 aliphatic carbocycles. The van der Waals surface area contributed by atoms with Gasteiger partial charge in [-0.3, -0.25) is 4.79 Å². The Morgan fingerprint density at radius 2 is 1.93 bits per heavy atom. The van der Waals surface area contributed by atoms with Gasteiger partial charge in [0, 0.05) is 6.20 Å².